The lowest BCUT2D eigenvalue weighted by Gasteiger charge is -2.33. The van der Waals surface area contributed by atoms with Crippen molar-refractivity contribution in [3.05, 3.63) is 52.4 Å². The predicted octanol–water partition coefficient (Wildman–Crippen LogP) is 3.17. The van der Waals surface area contributed by atoms with Gasteiger partial charge >= 0.3 is 0 Å². The normalized spacial score (nSPS) is 18.2. The first-order valence-electron chi connectivity index (χ1n) is 7.70. The topological polar surface area (TPSA) is 55.6 Å². The Balaban J connectivity index is 1.59. The van der Waals surface area contributed by atoms with Crippen LogP contribution in [0.15, 0.2) is 34.9 Å². The van der Waals surface area contributed by atoms with Gasteiger partial charge in [0.25, 0.3) is 0 Å². The average molecular weight is 335 g/mol. The Labute approximate surface area is 140 Å². The fraction of sp³-hybridized carbons (Fsp3) is 0.412. The highest BCUT2D eigenvalue weighted by Gasteiger charge is 2.25. The van der Waals surface area contributed by atoms with Gasteiger partial charge in [-0.25, -0.2) is 0 Å². The molecule has 23 heavy (non-hydrogen) atoms. The first kappa shape index (κ1) is 16.0. The van der Waals surface area contributed by atoms with E-state index in [1.807, 2.05) is 42.2 Å². The van der Waals surface area contributed by atoms with Crippen LogP contribution in [-0.2, 0) is 16.0 Å². The van der Waals surface area contributed by atoms with E-state index < -0.39 is 0 Å². The molecular formula is C17H19ClN2O3. The lowest BCUT2D eigenvalue weighted by atomic mass is 10.1. The van der Waals surface area contributed by atoms with Crippen molar-refractivity contribution in [1.82, 2.24) is 10.1 Å². The van der Waals surface area contributed by atoms with Crippen molar-refractivity contribution in [3.8, 4) is 0 Å². The number of carbonyl (C=O) groups excluding carboxylic acids is 1. The monoisotopic (exact) mass is 334 g/mol. The number of amides is 1. The molecule has 1 fully saturated rings. The average Bonchev–Trinajstić information content (AvgIpc) is 2.92. The minimum atomic E-state index is -0.0604. The van der Waals surface area contributed by atoms with Crippen LogP contribution in [0, 0.1) is 6.92 Å². The predicted molar refractivity (Wildman–Crippen MR) is 86.3 cm³/mol. The quantitative estimate of drug-likeness (QED) is 0.861. The van der Waals surface area contributed by atoms with Crippen molar-refractivity contribution < 1.29 is 14.1 Å². The van der Waals surface area contributed by atoms with Crippen molar-refractivity contribution in [1.29, 1.82) is 0 Å². The van der Waals surface area contributed by atoms with Gasteiger partial charge in [0.1, 0.15) is 6.10 Å². The van der Waals surface area contributed by atoms with Crippen LogP contribution in [0.5, 0.6) is 0 Å². The number of nitrogens with zero attached hydrogens (tertiary/aromatic N) is 2. The first-order chi connectivity index (χ1) is 11.1. The highest BCUT2D eigenvalue weighted by Crippen LogP contribution is 2.24. The number of carbonyl (C=O) groups is 1. The van der Waals surface area contributed by atoms with E-state index in [2.05, 4.69) is 5.16 Å². The summed E-state index contributed by atoms with van der Waals surface area (Å²) in [7, 11) is 0. The number of halogens is 1. The molecule has 1 aliphatic heterocycles. The summed E-state index contributed by atoms with van der Waals surface area (Å²) in [5, 5.41) is 4.08. The van der Waals surface area contributed by atoms with Crippen LogP contribution in [-0.4, -0.2) is 35.7 Å². The maximum Gasteiger partial charge on any atom is 0.229 e. The summed E-state index contributed by atoms with van der Waals surface area (Å²) in [6.07, 6.45) is 0.874. The maximum absolute atomic E-state index is 12.5. The molecule has 122 valence electrons. The highest BCUT2D eigenvalue weighted by molar-refractivity contribution is 6.29. The molecule has 1 amide bonds. The van der Waals surface area contributed by atoms with Crippen LogP contribution in [0.3, 0.4) is 0 Å². The zero-order valence-corrected chi connectivity index (χ0v) is 13.8. The van der Waals surface area contributed by atoms with Gasteiger partial charge in [0.2, 0.25) is 11.1 Å². The molecule has 0 spiro atoms. The zero-order valence-electron chi connectivity index (χ0n) is 13.0. The van der Waals surface area contributed by atoms with Gasteiger partial charge in [0.05, 0.1) is 18.8 Å². The van der Waals surface area contributed by atoms with Gasteiger partial charge in [-0.3, -0.25) is 4.79 Å². The van der Waals surface area contributed by atoms with Gasteiger partial charge < -0.3 is 14.2 Å². The van der Waals surface area contributed by atoms with Crippen molar-refractivity contribution >= 4 is 17.5 Å². The number of ether oxygens (including phenoxy) is 1. The van der Waals surface area contributed by atoms with Gasteiger partial charge in [0, 0.05) is 18.5 Å². The van der Waals surface area contributed by atoms with Crippen LogP contribution in [0.1, 0.15) is 29.3 Å². The molecular weight excluding hydrogens is 316 g/mol. The van der Waals surface area contributed by atoms with Crippen molar-refractivity contribution in [2.24, 2.45) is 0 Å². The number of rotatable bonds is 4. The summed E-state index contributed by atoms with van der Waals surface area (Å²) in [6, 6.07) is 9.99. The standard InChI is InChI=1S/C17H19ClN2O3/c1-12-14(17(18)23-19-12)7-8-16(21)20-9-10-22-15(11-20)13-5-3-2-4-6-13/h2-6,15H,7-11H2,1H3. The first-order valence-corrected chi connectivity index (χ1v) is 8.08. The molecule has 1 aromatic carbocycles. The number of morpholine rings is 1. The second-order valence-electron chi connectivity index (χ2n) is 5.63. The molecule has 0 aliphatic carbocycles. The summed E-state index contributed by atoms with van der Waals surface area (Å²) in [4.78, 5) is 14.3. The van der Waals surface area contributed by atoms with Crippen LogP contribution in [0.2, 0.25) is 5.22 Å². The van der Waals surface area contributed by atoms with Crippen LogP contribution < -0.4 is 0 Å². The summed E-state index contributed by atoms with van der Waals surface area (Å²) >= 11 is 5.94. The molecule has 0 saturated carbocycles. The second-order valence-corrected chi connectivity index (χ2v) is 5.97. The Morgan fingerprint density at radius 2 is 2.17 bits per heavy atom. The Bertz CT molecular complexity index is 652. The van der Waals surface area contributed by atoms with Gasteiger partial charge in [-0.15, -0.1) is 0 Å². The van der Waals surface area contributed by atoms with Crippen molar-refractivity contribution in [2.75, 3.05) is 19.7 Å². The van der Waals surface area contributed by atoms with E-state index in [1.54, 1.807) is 0 Å². The SMILES string of the molecule is Cc1noc(Cl)c1CCC(=O)N1CCOC(c2ccccc2)C1. The van der Waals surface area contributed by atoms with E-state index in [4.69, 9.17) is 20.9 Å². The molecule has 2 heterocycles. The highest BCUT2D eigenvalue weighted by atomic mass is 35.5. The third kappa shape index (κ3) is 3.74. The number of hydrogen-bond acceptors (Lipinski definition) is 4. The molecule has 0 radical (unpaired) electrons. The Hall–Kier alpha value is -1.85. The van der Waals surface area contributed by atoms with Crippen LogP contribution >= 0.6 is 11.6 Å². The summed E-state index contributed by atoms with van der Waals surface area (Å²) < 4.78 is 10.7. The zero-order chi connectivity index (χ0) is 16.2. The minimum absolute atomic E-state index is 0.0604. The lowest BCUT2D eigenvalue weighted by Crippen LogP contribution is -2.42. The van der Waals surface area contributed by atoms with Crippen LogP contribution in [0.25, 0.3) is 0 Å². The molecule has 3 rings (SSSR count). The van der Waals surface area contributed by atoms with Gasteiger partial charge in [-0.1, -0.05) is 35.5 Å². The second kappa shape index (κ2) is 7.15. The Kier molecular flexibility index (Phi) is 4.98. The lowest BCUT2D eigenvalue weighted by molar-refractivity contribution is -0.139. The molecule has 1 atom stereocenters. The molecule has 5 nitrogen and oxygen atoms in total. The van der Waals surface area contributed by atoms with Crippen molar-refractivity contribution in [2.45, 2.75) is 25.9 Å². The third-order valence-corrected chi connectivity index (χ3v) is 4.41. The summed E-state index contributed by atoms with van der Waals surface area (Å²) in [5.74, 6) is 0.103. The van der Waals surface area contributed by atoms with Gasteiger partial charge in [-0.05, 0) is 30.5 Å². The molecule has 6 heteroatoms. The number of hydrogen-bond donors (Lipinski definition) is 0. The molecule has 1 saturated heterocycles. The largest absolute Gasteiger partial charge is 0.370 e. The maximum atomic E-state index is 12.5. The van der Waals surface area contributed by atoms with Gasteiger partial charge in [0.15, 0.2) is 0 Å². The van der Waals surface area contributed by atoms with Crippen molar-refractivity contribution in [3.63, 3.8) is 0 Å². The minimum Gasteiger partial charge on any atom is -0.370 e. The molecule has 1 aromatic heterocycles. The van der Waals surface area contributed by atoms with Crippen LogP contribution in [0.4, 0.5) is 0 Å². The smallest absolute Gasteiger partial charge is 0.229 e. The van der Waals surface area contributed by atoms with E-state index in [-0.39, 0.29) is 17.2 Å². The molecule has 1 unspecified atom stereocenters. The fourth-order valence-electron chi connectivity index (χ4n) is 2.78. The molecule has 0 bridgehead atoms. The molecule has 2 aromatic rings. The van der Waals surface area contributed by atoms with E-state index in [1.165, 1.54) is 0 Å². The Morgan fingerprint density at radius 3 is 2.87 bits per heavy atom. The Morgan fingerprint density at radius 1 is 1.39 bits per heavy atom. The molecule has 0 N–H and O–H groups in total. The number of benzene rings is 1. The molecule has 1 aliphatic rings. The van der Waals surface area contributed by atoms with E-state index >= 15 is 0 Å². The van der Waals surface area contributed by atoms with Gasteiger partial charge in [-0.2, -0.15) is 0 Å². The third-order valence-electron chi connectivity index (χ3n) is 4.12. The van der Waals surface area contributed by atoms with E-state index in [9.17, 15) is 4.79 Å². The van der Waals surface area contributed by atoms with E-state index in [0.717, 1.165) is 16.8 Å². The summed E-state index contributed by atoms with van der Waals surface area (Å²) in [6.45, 7) is 3.59. The van der Waals surface area contributed by atoms with E-state index in [0.29, 0.717) is 32.5 Å². The number of aromatic nitrogens is 1. The summed E-state index contributed by atoms with van der Waals surface area (Å²) in [5.41, 5.74) is 2.66. The fourth-order valence-corrected chi connectivity index (χ4v) is 3.04. The number of aryl methyl sites for hydroxylation is 1.